The van der Waals surface area contributed by atoms with Crippen molar-refractivity contribution in [1.29, 1.82) is 0 Å². The van der Waals surface area contributed by atoms with Crippen LogP contribution in [0.3, 0.4) is 0 Å². The number of rotatable bonds is 8. The predicted octanol–water partition coefficient (Wildman–Crippen LogP) is 1.97. The van der Waals surface area contributed by atoms with Gasteiger partial charge in [0.05, 0.1) is 14.2 Å². The second kappa shape index (κ2) is 8.74. The van der Waals surface area contributed by atoms with Crippen LogP contribution in [0, 0.1) is 0 Å². The SMILES string of the molecule is COc1ccccc1OCC(=O)Nc1ccc(OC)c(S(=O)(=O)N(C)C)c1. The van der Waals surface area contributed by atoms with Crippen LogP contribution in [0.2, 0.25) is 0 Å². The fraction of sp³-hybridized carbons (Fsp3) is 0.278. The highest BCUT2D eigenvalue weighted by atomic mass is 32.2. The number of benzene rings is 2. The number of sulfonamides is 1. The molecule has 0 aliphatic carbocycles. The topological polar surface area (TPSA) is 94.2 Å². The summed E-state index contributed by atoms with van der Waals surface area (Å²) in [4.78, 5) is 12.1. The van der Waals surface area contributed by atoms with Crippen LogP contribution in [-0.4, -0.2) is 53.6 Å². The molecule has 1 N–H and O–H groups in total. The van der Waals surface area contributed by atoms with Gasteiger partial charge in [-0.3, -0.25) is 4.79 Å². The number of nitrogens with one attached hydrogen (secondary N) is 1. The van der Waals surface area contributed by atoms with Crippen LogP contribution < -0.4 is 19.5 Å². The molecule has 1 amide bonds. The molecule has 2 aromatic rings. The largest absolute Gasteiger partial charge is 0.495 e. The summed E-state index contributed by atoms with van der Waals surface area (Å²) in [6.07, 6.45) is 0. The molecule has 146 valence electrons. The minimum absolute atomic E-state index is 0.0431. The summed E-state index contributed by atoms with van der Waals surface area (Å²) in [6.45, 7) is -0.262. The van der Waals surface area contributed by atoms with Gasteiger partial charge in [-0.2, -0.15) is 0 Å². The lowest BCUT2D eigenvalue weighted by molar-refractivity contribution is -0.118. The molecular formula is C18H22N2O6S. The van der Waals surface area contributed by atoms with Gasteiger partial charge in [0.25, 0.3) is 5.91 Å². The van der Waals surface area contributed by atoms with Crippen molar-refractivity contribution in [2.75, 3.05) is 40.2 Å². The van der Waals surface area contributed by atoms with Gasteiger partial charge in [0, 0.05) is 19.8 Å². The summed E-state index contributed by atoms with van der Waals surface area (Å²) >= 11 is 0. The number of ether oxygens (including phenoxy) is 3. The van der Waals surface area contributed by atoms with E-state index in [2.05, 4.69) is 5.32 Å². The minimum Gasteiger partial charge on any atom is -0.495 e. The van der Waals surface area contributed by atoms with E-state index in [1.54, 1.807) is 30.3 Å². The fourth-order valence-corrected chi connectivity index (χ4v) is 3.31. The predicted molar refractivity (Wildman–Crippen MR) is 101 cm³/mol. The molecule has 8 nitrogen and oxygen atoms in total. The van der Waals surface area contributed by atoms with Crippen molar-refractivity contribution in [3.05, 3.63) is 42.5 Å². The van der Waals surface area contributed by atoms with E-state index in [0.717, 1.165) is 4.31 Å². The lowest BCUT2D eigenvalue weighted by Crippen LogP contribution is -2.24. The van der Waals surface area contributed by atoms with Crippen LogP contribution in [0.4, 0.5) is 5.69 Å². The second-order valence-corrected chi connectivity index (χ2v) is 7.76. The summed E-state index contributed by atoms with van der Waals surface area (Å²) in [5.74, 6) is 0.682. The van der Waals surface area contributed by atoms with Crippen molar-refractivity contribution in [3.8, 4) is 17.2 Å². The Morgan fingerprint density at radius 1 is 1.00 bits per heavy atom. The van der Waals surface area contributed by atoms with Crippen molar-refractivity contribution in [1.82, 2.24) is 4.31 Å². The Kier molecular flexibility index (Phi) is 6.65. The lowest BCUT2D eigenvalue weighted by Gasteiger charge is -2.16. The van der Waals surface area contributed by atoms with Gasteiger partial charge in [-0.1, -0.05) is 12.1 Å². The van der Waals surface area contributed by atoms with Crippen molar-refractivity contribution in [3.63, 3.8) is 0 Å². The van der Waals surface area contributed by atoms with Gasteiger partial charge in [-0.15, -0.1) is 0 Å². The van der Waals surface area contributed by atoms with Gasteiger partial charge in [-0.25, -0.2) is 12.7 Å². The number of carbonyl (C=O) groups is 1. The number of nitrogens with zero attached hydrogens (tertiary/aromatic N) is 1. The van der Waals surface area contributed by atoms with Crippen molar-refractivity contribution in [2.24, 2.45) is 0 Å². The van der Waals surface area contributed by atoms with Crippen molar-refractivity contribution < 1.29 is 27.4 Å². The maximum atomic E-state index is 12.4. The molecule has 0 saturated carbocycles. The highest BCUT2D eigenvalue weighted by molar-refractivity contribution is 7.89. The molecule has 0 aliphatic rings. The number of carbonyl (C=O) groups excluding carboxylic acids is 1. The van der Waals surface area contributed by atoms with Gasteiger partial charge in [0.15, 0.2) is 18.1 Å². The van der Waals surface area contributed by atoms with E-state index in [1.807, 2.05) is 0 Å². The molecule has 27 heavy (non-hydrogen) atoms. The minimum atomic E-state index is -3.73. The van der Waals surface area contributed by atoms with E-state index in [1.165, 1.54) is 40.4 Å². The monoisotopic (exact) mass is 394 g/mol. The maximum absolute atomic E-state index is 12.4. The summed E-state index contributed by atoms with van der Waals surface area (Å²) < 4.78 is 41.6. The maximum Gasteiger partial charge on any atom is 0.262 e. The first-order valence-corrected chi connectivity index (χ1v) is 9.40. The molecule has 0 unspecified atom stereocenters. The molecule has 9 heteroatoms. The van der Waals surface area contributed by atoms with Crippen LogP contribution in [-0.2, 0) is 14.8 Å². The van der Waals surface area contributed by atoms with Crippen LogP contribution in [0.15, 0.2) is 47.4 Å². The van der Waals surface area contributed by atoms with E-state index in [-0.39, 0.29) is 17.3 Å². The van der Waals surface area contributed by atoms with E-state index in [4.69, 9.17) is 14.2 Å². The molecule has 0 aliphatic heterocycles. The zero-order valence-corrected chi connectivity index (χ0v) is 16.4. The van der Waals surface area contributed by atoms with E-state index in [0.29, 0.717) is 17.2 Å². The van der Waals surface area contributed by atoms with E-state index >= 15 is 0 Å². The molecular weight excluding hydrogens is 372 g/mol. The Morgan fingerprint density at radius 2 is 1.63 bits per heavy atom. The van der Waals surface area contributed by atoms with Crippen LogP contribution in [0.5, 0.6) is 17.2 Å². The van der Waals surface area contributed by atoms with Gasteiger partial charge in [0.2, 0.25) is 10.0 Å². The molecule has 0 spiro atoms. The third-order valence-electron chi connectivity index (χ3n) is 3.63. The standard InChI is InChI=1S/C18H22N2O6S/c1-20(2)27(22,23)17-11-13(9-10-16(17)25-4)19-18(21)12-26-15-8-6-5-7-14(15)24-3/h5-11H,12H2,1-4H3,(H,19,21). The smallest absolute Gasteiger partial charge is 0.262 e. The summed E-state index contributed by atoms with van der Waals surface area (Å²) in [5, 5.41) is 2.61. The molecule has 0 heterocycles. The van der Waals surface area contributed by atoms with Gasteiger partial charge < -0.3 is 19.5 Å². The van der Waals surface area contributed by atoms with Gasteiger partial charge in [-0.05, 0) is 30.3 Å². The van der Waals surface area contributed by atoms with Crippen LogP contribution in [0.25, 0.3) is 0 Å². The molecule has 0 aromatic heterocycles. The first-order valence-electron chi connectivity index (χ1n) is 7.96. The average molecular weight is 394 g/mol. The molecule has 0 saturated heterocycles. The third kappa shape index (κ3) is 4.89. The normalized spacial score (nSPS) is 11.1. The number of hydrogen-bond donors (Lipinski definition) is 1. The zero-order valence-electron chi connectivity index (χ0n) is 15.6. The molecule has 0 atom stereocenters. The number of para-hydroxylation sites is 2. The lowest BCUT2D eigenvalue weighted by atomic mass is 10.3. The first kappa shape index (κ1) is 20.5. The molecule has 0 radical (unpaired) electrons. The van der Waals surface area contributed by atoms with Crippen LogP contribution >= 0.6 is 0 Å². The molecule has 2 rings (SSSR count). The Balaban J connectivity index is 2.14. The Bertz CT molecular complexity index is 912. The zero-order chi connectivity index (χ0) is 20.0. The molecule has 0 bridgehead atoms. The number of amides is 1. The molecule has 0 fully saturated rings. The number of methoxy groups -OCH3 is 2. The van der Waals surface area contributed by atoms with Gasteiger partial charge >= 0.3 is 0 Å². The number of hydrogen-bond acceptors (Lipinski definition) is 6. The van der Waals surface area contributed by atoms with Crippen molar-refractivity contribution in [2.45, 2.75) is 4.90 Å². The van der Waals surface area contributed by atoms with Crippen molar-refractivity contribution >= 4 is 21.6 Å². The highest BCUT2D eigenvalue weighted by Crippen LogP contribution is 2.29. The van der Waals surface area contributed by atoms with Gasteiger partial charge in [0.1, 0.15) is 10.6 Å². The third-order valence-corrected chi connectivity index (χ3v) is 5.47. The quantitative estimate of drug-likeness (QED) is 0.736. The van der Waals surface area contributed by atoms with E-state index in [9.17, 15) is 13.2 Å². The number of anilines is 1. The summed E-state index contributed by atoms with van der Waals surface area (Å²) in [6, 6.07) is 11.3. The van der Waals surface area contributed by atoms with E-state index < -0.39 is 15.9 Å². The molecule has 2 aromatic carbocycles. The second-order valence-electron chi connectivity index (χ2n) is 5.64. The average Bonchev–Trinajstić information content (AvgIpc) is 2.66. The van der Waals surface area contributed by atoms with Crippen LogP contribution in [0.1, 0.15) is 0 Å². The summed E-state index contributed by atoms with van der Waals surface area (Å²) in [5.41, 5.74) is 0.310. The Labute approximate surface area is 158 Å². The summed E-state index contributed by atoms with van der Waals surface area (Å²) in [7, 11) is 1.99. The fourth-order valence-electron chi connectivity index (χ4n) is 2.23. The Hall–Kier alpha value is -2.78. The Morgan fingerprint density at radius 3 is 2.22 bits per heavy atom. The highest BCUT2D eigenvalue weighted by Gasteiger charge is 2.23. The first-order chi connectivity index (χ1) is 12.8.